The molecule has 1 aliphatic heterocycles. The molecular formula is C15H29NO. The van der Waals surface area contributed by atoms with Crippen molar-refractivity contribution in [3.05, 3.63) is 0 Å². The van der Waals surface area contributed by atoms with Gasteiger partial charge in [0.15, 0.2) is 0 Å². The highest BCUT2D eigenvalue weighted by Gasteiger charge is 2.30. The zero-order valence-electron chi connectivity index (χ0n) is 11.7. The predicted octanol–water partition coefficient (Wildman–Crippen LogP) is 3.22. The van der Waals surface area contributed by atoms with Crippen molar-refractivity contribution >= 4 is 0 Å². The van der Waals surface area contributed by atoms with Gasteiger partial charge in [-0.05, 0) is 37.0 Å². The summed E-state index contributed by atoms with van der Waals surface area (Å²) in [4.78, 5) is 0. The Balaban J connectivity index is 1.77. The first-order chi connectivity index (χ1) is 8.22. The van der Waals surface area contributed by atoms with E-state index in [0.717, 1.165) is 30.4 Å². The van der Waals surface area contributed by atoms with Gasteiger partial charge in [-0.25, -0.2) is 0 Å². The van der Waals surface area contributed by atoms with Gasteiger partial charge in [-0.15, -0.1) is 0 Å². The lowest BCUT2D eigenvalue weighted by Crippen LogP contribution is -2.43. The van der Waals surface area contributed by atoms with Gasteiger partial charge >= 0.3 is 0 Å². The SMILES string of the molecule is CCC1OCCC1CNC1CCCC(C)C1C. The molecule has 2 heteroatoms. The van der Waals surface area contributed by atoms with Crippen molar-refractivity contribution in [2.24, 2.45) is 17.8 Å². The Hall–Kier alpha value is -0.0800. The quantitative estimate of drug-likeness (QED) is 0.813. The van der Waals surface area contributed by atoms with Crippen molar-refractivity contribution in [3.63, 3.8) is 0 Å². The Morgan fingerprint density at radius 1 is 1.18 bits per heavy atom. The average molecular weight is 239 g/mol. The van der Waals surface area contributed by atoms with Gasteiger partial charge in [0.25, 0.3) is 0 Å². The molecule has 2 rings (SSSR count). The molecule has 2 aliphatic rings. The molecule has 1 saturated heterocycles. The second-order valence-corrected chi connectivity index (χ2v) is 6.15. The van der Waals surface area contributed by atoms with Crippen molar-refractivity contribution in [1.82, 2.24) is 5.32 Å². The average Bonchev–Trinajstić information content (AvgIpc) is 2.78. The van der Waals surface area contributed by atoms with Gasteiger partial charge in [0.05, 0.1) is 6.10 Å². The van der Waals surface area contributed by atoms with Crippen molar-refractivity contribution in [2.75, 3.05) is 13.2 Å². The van der Waals surface area contributed by atoms with Crippen LogP contribution in [0.15, 0.2) is 0 Å². The Morgan fingerprint density at radius 3 is 2.76 bits per heavy atom. The summed E-state index contributed by atoms with van der Waals surface area (Å²) < 4.78 is 5.76. The highest BCUT2D eigenvalue weighted by molar-refractivity contribution is 4.85. The number of ether oxygens (including phenoxy) is 1. The Kier molecular flexibility index (Phi) is 4.87. The molecular weight excluding hydrogens is 210 g/mol. The van der Waals surface area contributed by atoms with Gasteiger partial charge in [-0.3, -0.25) is 0 Å². The maximum absolute atomic E-state index is 5.76. The molecule has 5 unspecified atom stereocenters. The summed E-state index contributed by atoms with van der Waals surface area (Å²) in [5.41, 5.74) is 0. The van der Waals surface area contributed by atoms with E-state index in [4.69, 9.17) is 4.74 Å². The van der Waals surface area contributed by atoms with E-state index in [0.29, 0.717) is 6.10 Å². The normalized spacial score (nSPS) is 42.9. The third-order valence-corrected chi connectivity index (χ3v) is 5.10. The fraction of sp³-hybridized carbons (Fsp3) is 1.00. The molecule has 0 aromatic carbocycles. The molecule has 0 spiro atoms. The fourth-order valence-corrected chi connectivity index (χ4v) is 3.55. The molecule has 0 bridgehead atoms. The smallest absolute Gasteiger partial charge is 0.0613 e. The van der Waals surface area contributed by atoms with Crippen LogP contribution in [-0.2, 0) is 4.74 Å². The lowest BCUT2D eigenvalue weighted by Gasteiger charge is -2.35. The first-order valence-electron chi connectivity index (χ1n) is 7.57. The summed E-state index contributed by atoms with van der Waals surface area (Å²) in [5, 5.41) is 3.83. The molecule has 17 heavy (non-hydrogen) atoms. The van der Waals surface area contributed by atoms with E-state index < -0.39 is 0 Å². The number of rotatable bonds is 4. The third kappa shape index (κ3) is 3.23. The van der Waals surface area contributed by atoms with E-state index >= 15 is 0 Å². The topological polar surface area (TPSA) is 21.3 Å². The van der Waals surface area contributed by atoms with Crippen molar-refractivity contribution in [1.29, 1.82) is 0 Å². The third-order valence-electron chi connectivity index (χ3n) is 5.10. The van der Waals surface area contributed by atoms with Crippen LogP contribution in [0.5, 0.6) is 0 Å². The summed E-state index contributed by atoms with van der Waals surface area (Å²) in [7, 11) is 0. The molecule has 0 aromatic heterocycles. The lowest BCUT2D eigenvalue weighted by molar-refractivity contribution is 0.0845. The van der Waals surface area contributed by atoms with Crippen molar-refractivity contribution < 1.29 is 4.74 Å². The number of nitrogens with one attached hydrogen (secondary N) is 1. The van der Waals surface area contributed by atoms with Gasteiger partial charge in [0.1, 0.15) is 0 Å². The first kappa shape index (κ1) is 13.4. The maximum Gasteiger partial charge on any atom is 0.0613 e. The van der Waals surface area contributed by atoms with Gasteiger partial charge in [-0.2, -0.15) is 0 Å². The standard InChI is InChI=1S/C15H29NO/c1-4-15-13(8-9-17-15)10-16-14-7-5-6-11(2)12(14)3/h11-16H,4-10H2,1-3H3. The largest absolute Gasteiger partial charge is 0.378 e. The lowest BCUT2D eigenvalue weighted by atomic mass is 9.78. The van der Waals surface area contributed by atoms with Crippen molar-refractivity contribution in [3.8, 4) is 0 Å². The zero-order valence-corrected chi connectivity index (χ0v) is 11.7. The van der Waals surface area contributed by atoms with Crippen LogP contribution in [0, 0.1) is 17.8 Å². The van der Waals surface area contributed by atoms with Gasteiger partial charge in [-0.1, -0.05) is 33.6 Å². The van der Waals surface area contributed by atoms with E-state index in [9.17, 15) is 0 Å². The molecule has 0 amide bonds. The van der Waals surface area contributed by atoms with E-state index in [1.807, 2.05) is 0 Å². The first-order valence-corrected chi connectivity index (χ1v) is 7.57. The van der Waals surface area contributed by atoms with Crippen LogP contribution in [0.1, 0.15) is 52.9 Å². The minimum atomic E-state index is 0.513. The maximum atomic E-state index is 5.76. The summed E-state index contributed by atoms with van der Waals surface area (Å²) in [6.07, 6.45) is 7.13. The van der Waals surface area contributed by atoms with Crippen LogP contribution in [0.25, 0.3) is 0 Å². The molecule has 2 fully saturated rings. The molecule has 1 aliphatic carbocycles. The highest BCUT2D eigenvalue weighted by atomic mass is 16.5. The van der Waals surface area contributed by atoms with E-state index in [2.05, 4.69) is 26.1 Å². The van der Waals surface area contributed by atoms with Crippen molar-refractivity contribution in [2.45, 2.75) is 65.0 Å². The van der Waals surface area contributed by atoms with E-state index in [1.54, 1.807) is 0 Å². The number of hydrogen-bond acceptors (Lipinski definition) is 2. The van der Waals surface area contributed by atoms with Gasteiger partial charge < -0.3 is 10.1 Å². The molecule has 1 N–H and O–H groups in total. The predicted molar refractivity (Wildman–Crippen MR) is 72.1 cm³/mol. The molecule has 0 radical (unpaired) electrons. The fourth-order valence-electron chi connectivity index (χ4n) is 3.55. The zero-order chi connectivity index (χ0) is 12.3. The monoisotopic (exact) mass is 239 g/mol. The second-order valence-electron chi connectivity index (χ2n) is 6.15. The minimum absolute atomic E-state index is 0.513. The van der Waals surface area contributed by atoms with E-state index in [1.165, 1.54) is 38.6 Å². The van der Waals surface area contributed by atoms with Crippen LogP contribution in [0.2, 0.25) is 0 Å². The second kappa shape index (κ2) is 6.19. The number of hydrogen-bond donors (Lipinski definition) is 1. The summed E-state index contributed by atoms with van der Waals surface area (Å²) in [5.74, 6) is 2.48. The van der Waals surface area contributed by atoms with Gasteiger partial charge in [0, 0.05) is 19.2 Å². The molecule has 100 valence electrons. The minimum Gasteiger partial charge on any atom is -0.378 e. The summed E-state index contributed by atoms with van der Waals surface area (Å²) in [6.45, 7) is 9.21. The highest BCUT2D eigenvalue weighted by Crippen LogP contribution is 2.30. The molecule has 1 heterocycles. The molecule has 1 saturated carbocycles. The van der Waals surface area contributed by atoms with Crippen LogP contribution in [0.3, 0.4) is 0 Å². The molecule has 2 nitrogen and oxygen atoms in total. The van der Waals surface area contributed by atoms with Crippen LogP contribution >= 0.6 is 0 Å². The Morgan fingerprint density at radius 2 is 2.00 bits per heavy atom. The Bertz CT molecular complexity index is 231. The molecule has 5 atom stereocenters. The van der Waals surface area contributed by atoms with Crippen LogP contribution in [0.4, 0.5) is 0 Å². The van der Waals surface area contributed by atoms with Crippen LogP contribution in [-0.4, -0.2) is 25.3 Å². The summed E-state index contributed by atoms with van der Waals surface area (Å²) in [6, 6.07) is 0.747. The van der Waals surface area contributed by atoms with Crippen LogP contribution < -0.4 is 5.32 Å². The van der Waals surface area contributed by atoms with E-state index in [-0.39, 0.29) is 0 Å². The summed E-state index contributed by atoms with van der Waals surface area (Å²) >= 11 is 0. The molecule has 0 aromatic rings. The Labute approximate surface area is 107 Å². The van der Waals surface area contributed by atoms with Gasteiger partial charge in [0.2, 0.25) is 0 Å².